The average molecular weight is 400 g/mol. The molecule has 1 fully saturated rings. The fourth-order valence-corrected chi connectivity index (χ4v) is 5.25. The highest BCUT2D eigenvalue weighted by atomic mass is 32.2. The van der Waals surface area contributed by atoms with E-state index in [4.69, 9.17) is 4.74 Å². The third-order valence-electron chi connectivity index (χ3n) is 5.24. The number of hydrogen-bond acceptors (Lipinski definition) is 5. The van der Waals surface area contributed by atoms with E-state index in [1.165, 1.54) is 4.31 Å². The molecule has 0 saturated carbocycles. The van der Waals surface area contributed by atoms with E-state index in [0.717, 1.165) is 11.1 Å². The van der Waals surface area contributed by atoms with Crippen LogP contribution in [0, 0.1) is 25.2 Å². The second-order valence-corrected chi connectivity index (χ2v) is 8.87. The number of benzene rings is 2. The second kappa shape index (κ2) is 8.31. The summed E-state index contributed by atoms with van der Waals surface area (Å²) in [6, 6.07) is 14.8. The molecule has 1 unspecified atom stereocenters. The van der Waals surface area contributed by atoms with Gasteiger partial charge in [-0.2, -0.15) is 9.57 Å². The van der Waals surface area contributed by atoms with Crippen molar-refractivity contribution >= 4 is 10.0 Å². The monoisotopic (exact) mass is 399 g/mol. The summed E-state index contributed by atoms with van der Waals surface area (Å²) in [5.41, 5.74) is 2.71. The van der Waals surface area contributed by atoms with E-state index in [1.807, 2.05) is 31.2 Å². The van der Waals surface area contributed by atoms with Crippen LogP contribution in [0.15, 0.2) is 47.4 Å². The maximum atomic E-state index is 13.1. The van der Waals surface area contributed by atoms with Gasteiger partial charge < -0.3 is 4.74 Å². The molecule has 3 rings (SSSR count). The van der Waals surface area contributed by atoms with Gasteiger partial charge in [-0.3, -0.25) is 4.90 Å². The lowest BCUT2D eigenvalue weighted by atomic mass is 10.0. The van der Waals surface area contributed by atoms with E-state index in [-0.39, 0.29) is 6.04 Å². The summed E-state index contributed by atoms with van der Waals surface area (Å²) in [5.74, 6) is 0.636. The van der Waals surface area contributed by atoms with Gasteiger partial charge in [-0.1, -0.05) is 24.3 Å². The van der Waals surface area contributed by atoms with E-state index < -0.39 is 10.0 Å². The van der Waals surface area contributed by atoms with Gasteiger partial charge in [0.25, 0.3) is 0 Å². The Morgan fingerprint density at radius 2 is 1.71 bits per heavy atom. The van der Waals surface area contributed by atoms with Gasteiger partial charge in [0, 0.05) is 26.2 Å². The van der Waals surface area contributed by atoms with Crippen molar-refractivity contribution in [3.63, 3.8) is 0 Å². The van der Waals surface area contributed by atoms with Gasteiger partial charge in [0.05, 0.1) is 18.1 Å². The van der Waals surface area contributed by atoms with Gasteiger partial charge in [-0.25, -0.2) is 8.42 Å². The lowest BCUT2D eigenvalue weighted by Gasteiger charge is -2.36. The third kappa shape index (κ3) is 3.90. The summed E-state index contributed by atoms with van der Waals surface area (Å²) in [5, 5.41) is 9.71. The number of methoxy groups -OCH3 is 1. The topological polar surface area (TPSA) is 73.6 Å². The van der Waals surface area contributed by atoms with Crippen LogP contribution in [0.1, 0.15) is 22.7 Å². The third-order valence-corrected chi connectivity index (χ3v) is 7.30. The van der Waals surface area contributed by atoms with Crippen molar-refractivity contribution in [2.45, 2.75) is 24.8 Å². The molecule has 7 heteroatoms. The highest BCUT2D eigenvalue weighted by Crippen LogP contribution is 2.28. The molecule has 0 radical (unpaired) electrons. The molecule has 1 heterocycles. The molecule has 28 heavy (non-hydrogen) atoms. The zero-order valence-corrected chi connectivity index (χ0v) is 17.2. The fourth-order valence-electron chi connectivity index (χ4n) is 3.62. The van der Waals surface area contributed by atoms with Crippen LogP contribution in [0.25, 0.3) is 0 Å². The standard InChI is InChI=1S/C21H25N3O3S/c1-16-6-4-5-7-19(16)20(15-22)23-10-12-24(13-11-23)28(25,26)21-9-8-18(27-3)14-17(21)2/h4-9,14,20H,10-13H2,1-3H3. The zero-order chi connectivity index (χ0) is 20.3. The Labute approximate surface area is 167 Å². The van der Waals surface area contributed by atoms with Crippen LogP contribution in [0.5, 0.6) is 5.75 Å². The molecule has 2 aromatic rings. The summed E-state index contributed by atoms with van der Waals surface area (Å²) in [6.45, 7) is 5.51. The van der Waals surface area contributed by atoms with Crippen LogP contribution in [0.2, 0.25) is 0 Å². The lowest BCUT2D eigenvalue weighted by molar-refractivity contribution is 0.162. The molecule has 0 N–H and O–H groups in total. The van der Waals surface area contributed by atoms with Gasteiger partial charge in [0.1, 0.15) is 11.8 Å². The molecule has 0 aliphatic carbocycles. The zero-order valence-electron chi connectivity index (χ0n) is 16.4. The molecule has 0 amide bonds. The summed E-state index contributed by atoms with van der Waals surface area (Å²) in [7, 11) is -2.02. The van der Waals surface area contributed by atoms with E-state index in [9.17, 15) is 13.7 Å². The van der Waals surface area contributed by atoms with Crippen molar-refractivity contribution in [1.29, 1.82) is 5.26 Å². The van der Waals surface area contributed by atoms with Gasteiger partial charge >= 0.3 is 0 Å². The van der Waals surface area contributed by atoms with Gasteiger partial charge in [0.15, 0.2) is 0 Å². The normalized spacial score (nSPS) is 17.1. The lowest BCUT2D eigenvalue weighted by Crippen LogP contribution is -2.49. The molecular formula is C21H25N3O3S. The number of sulfonamides is 1. The number of nitrogens with zero attached hydrogens (tertiary/aromatic N) is 3. The summed E-state index contributed by atoms with van der Waals surface area (Å²) < 4.78 is 32.8. The molecule has 2 aromatic carbocycles. The Bertz CT molecular complexity index is 990. The van der Waals surface area contributed by atoms with E-state index in [0.29, 0.717) is 42.4 Å². The largest absolute Gasteiger partial charge is 0.497 e. The number of nitriles is 1. The van der Waals surface area contributed by atoms with Crippen molar-refractivity contribution in [2.75, 3.05) is 33.3 Å². The Morgan fingerprint density at radius 3 is 2.29 bits per heavy atom. The number of ether oxygens (including phenoxy) is 1. The average Bonchev–Trinajstić information content (AvgIpc) is 2.70. The second-order valence-electron chi connectivity index (χ2n) is 6.96. The number of piperazine rings is 1. The SMILES string of the molecule is COc1ccc(S(=O)(=O)N2CCN(C(C#N)c3ccccc3C)CC2)c(C)c1. The molecule has 1 atom stereocenters. The van der Waals surface area contributed by atoms with E-state index in [1.54, 1.807) is 32.2 Å². The maximum absolute atomic E-state index is 13.1. The van der Waals surface area contributed by atoms with Crippen molar-refractivity contribution in [2.24, 2.45) is 0 Å². The summed E-state index contributed by atoms with van der Waals surface area (Å²) >= 11 is 0. The van der Waals surface area contributed by atoms with Crippen LogP contribution in [-0.2, 0) is 10.0 Å². The maximum Gasteiger partial charge on any atom is 0.243 e. The minimum absolute atomic E-state index is 0.303. The molecule has 0 bridgehead atoms. The Hall–Kier alpha value is -2.40. The van der Waals surface area contributed by atoms with Gasteiger partial charge in [-0.15, -0.1) is 0 Å². The highest BCUT2D eigenvalue weighted by Gasteiger charge is 2.32. The first kappa shape index (κ1) is 20.3. The molecule has 6 nitrogen and oxygen atoms in total. The van der Waals surface area contributed by atoms with Crippen molar-refractivity contribution in [1.82, 2.24) is 9.21 Å². The van der Waals surface area contributed by atoms with E-state index >= 15 is 0 Å². The molecule has 1 aliphatic heterocycles. The quantitative estimate of drug-likeness (QED) is 0.773. The number of rotatable bonds is 5. The molecule has 1 aliphatic rings. The van der Waals surface area contributed by atoms with Crippen LogP contribution in [0.3, 0.4) is 0 Å². The molecule has 0 spiro atoms. The number of hydrogen-bond donors (Lipinski definition) is 0. The molecule has 1 saturated heterocycles. The van der Waals surface area contributed by atoms with Crippen molar-refractivity contribution in [3.8, 4) is 11.8 Å². The van der Waals surface area contributed by atoms with Crippen LogP contribution < -0.4 is 4.74 Å². The van der Waals surface area contributed by atoms with Crippen molar-refractivity contribution in [3.05, 3.63) is 59.2 Å². The minimum Gasteiger partial charge on any atom is -0.497 e. The summed E-state index contributed by atoms with van der Waals surface area (Å²) in [4.78, 5) is 2.35. The number of aryl methyl sites for hydroxylation is 2. The first-order valence-electron chi connectivity index (χ1n) is 9.22. The Morgan fingerprint density at radius 1 is 1.04 bits per heavy atom. The van der Waals surface area contributed by atoms with Gasteiger partial charge in [-0.05, 0) is 48.7 Å². The van der Waals surface area contributed by atoms with Crippen LogP contribution >= 0.6 is 0 Å². The first-order valence-corrected chi connectivity index (χ1v) is 10.7. The summed E-state index contributed by atoms with van der Waals surface area (Å²) in [6.07, 6.45) is 0. The Kier molecular flexibility index (Phi) is 6.04. The van der Waals surface area contributed by atoms with Crippen molar-refractivity contribution < 1.29 is 13.2 Å². The smallest absolute Gasteiger partial charge is 0.243 e. The molecular weight excluding hydrogens is 374 g/mol. The predicted octanol–water partition coefficient (Wildman–Crippen LogP) is 2.88. The minimum atomic E-state index is -3.58. The molecule has 0 aromatic heterocycles. The van der Waals surface area contributed by atoms with E-state index in [2.05, 4.69) is 11.0 Å². The molecule has 148 valence electrons. The predicted molar refractivity (Wildman–Crippen MR) is 108 cm³/mol. The van der Waals surface area contributed by atoms with Gasteiger partial charge in [0.2, 0.25) is 10.0 Å². The fraction of sp³-hybridized carbons (Fsp3) is 0.381. The van der Waals surface area contributed by atoms with Crippen LogP contribution in [-0.4, -0.2) is 50.9 Å². The highest BCUT2D eigenvalue weighted by molar-refractivity contribution is 7.89. The Balaban J connectivity index is 1.76. The first-order chi connectivity index (χ1) is 13.4. The van der Waals surface area contributed by atoms with Crippen LogP contribution in [0.4, 0.5) is 0 Å².